The largest absolute Gasteiger partial charge is 0.315 e. The van der Waals surface area contributed by atoms with Gasteiger partial charge in [-0.05, 0) is 19.5 Å². The Morgan fingerprint density at radius 2 is 0.692 bits per heavy atom. The fraction of sp³-hybridized carbons (Fsp3) is 1.00. The summed E-state index contributed by atoms with van der Waals surface area (Å²) < 4.78 is 0. The molecule has 1 aliphatic heterocycles. The van der Waals surface area contributed by atoms with Crippen LogP contribution in [0.25, 0.3) is 0 Å². The zero-order chi connectivity index (χ0) is 9.19. The second-order valence-corrected chi connectivity index (χ2v) is 3.35. The smallest absolute Gasteiger partial charge is 0.00772 e. The van der Waals surface area contributed by atoms with E-state index in [9.17, 15) is 0 Å². The molecule has 4 heteroatoms. The minimum Gasteiger partial charge on any atom is -0.315 e. The molecule has 1 heterocycles. The molecule has 0 atom stereocenters. The summed E-state index contributed by atoms with van der Waals surface area (Å²) in [5.41, 5.74) is 0. The molecule has 0 spiro atoms. The highest BCUT2D eigenvalue weighted by Crippen LogP contribution is 1.73. The third-order valence-electron chi connectivity index (χ3n) is 2.14. The van der Waals surface area contributed by atoms with E-state index in [1.807, 2.05) is 0 Å². The number of hydrogen-bond acceptors (Lipinski definition) is 4. The van der Waals surface area contributed by atoms with Crippen LogP contribution in [0.4, 0.5) is 0 Å². The second kappa shape index (κ2) is 8.44. The zero-order valence-electron chi connectivity index (χ0n) is 8.36. The molecule has 4 nitrogen and oxygen atoms in total. The highest BCUT2D eigenvalue weighted by atomic mass is 15.0. The van der Waals surface area contributed by atoms with Gasteiger partial charge in [0.05, 0.1) is 0 Å². The van der Waals surface area contributed by atoms with Crippen LogP contribution in [0.2, 0.25) is 0 Å². The van der Waals surface area contributed by atoms with Crippen LogP contribution in [0.1, 0.15) is 6.42 Å². The van der Waals surface area contributed by atoms with E-state index in [0.29, 0.717) is 0 Å². The van der Waals surface area contributed by atoms with E-state index in [2.05, 4.69) is 21.3 Å². The molecule has 13 heavy (non-hydrogen) atoms. The SMILES string of the molecule is C1CNCCNCCNCCNC1. The quantitative estimate of drug-likeness (QED) is 0.382. The summed E-state index contributed by atoms with van der Waals surface area (Å²) in [7, 11) is 0. The van der Waals surface area contributed by atoms with Gasteiger partial charge in [-0.1, -0.05) is 0 Å². The van der Waals surface area contributed by atoms with Crippen molar-refractivity contribution in [3.05, 3.63) is 0 Å². The number of hydrogen-bond donors (Lipinski definition) is 4. The molecule has 0 bridgehead atoms. The van der Waals surface area contributed by atoms with Gasteiger partial charge in [0.15, 0.2) is 0 Å². The molecule has 0 unspecified atom stereocenters. The molecule has 0 aliphatic carbocycles. The van der Waals surface area contributed by atoms with Crippen molar-refractivity contribution in [1.82, 2.24) is 21.3 Å². The summed E-state index contributed by atoms with van der Waals surface area (Å²) in [6.07, 6.45) is 1.22. The lowest BCUT2D eigenvalue weighted by molar-refractivity contribution is 0.588. The molecular formula is C9H22N4. The molecule has 0 aromatic heterocycles. The van der Waals surface area contributed by atoms with Crippen molar-refractivity contribution in [2.75, 3.05) is 52.4 Å². The van der Waals surface area contributed by atoms with E-state index < -0.39 is 0 Å². The standard InChI is InChI=1S/C9H22N4/c1-2-10-4-6-12-8-9-13-7-5-11-3-1/h10-13H,1-9H2. The van der Waals surface area contributed by atoms with Crippen molar-refractivity contribution in [2.24, 2.45) is 0 Å². The molecule has 0 amide bonds. The topological polar surface area (TPSA) is 48.1 Å². The average Bonchev–Trinajstić information content (AvgIpc) is 2.18. The Balaban J connectivity index is 2.01. The molecule has 0 saturated carbocycles. The molecular weight excluding hydrogens is 164 g/mol. The molecule has 0 aromatic rings. The van der Waals surface area contributed by atoms with Gasteiger partial charge in [-0.2, -0.15) is 0 Å². The summed E-state index contributed by atoms with van der Waals surface area (Å²) in [6.45, 7) is 8.72. The Morgan fingerprint density at radius 1 is 0.385 bits per heavy atom. The highest BCUT2D eigenvalue weighted by molar-refractivity contribution is 4.59. The maximum absolute atomic E-state index is 3.40. The lowest BCUT2D eigenvalue weighted by Gasteiger charge is -2.05. The van der Waals surface area contributed by atoms with Crippen LogP contribution < -0.4 is 21.3 Å². The Kier molecular flexibility index (Phi) is 7.09. The lowest BCUT2D eigenvalue weighted by Crippen LogP contribution is -2.34. The summed E-state index contributed by atoms with van der Waals surface area (Å²) in [4.78, 5) is 0. The molecule has 1 rings (SSSR count). The molecule has 0 radical (unpaired) electrons. The summed E-state index contributed by atoms with van der Waals surface area (Å²) in [6, 6.07) is 0. The predicted octanol–water partition coefficient (Wildman–Crippen LogP) is -1.25. The first-order valence-corrected chi connectivity index (χ1v) is 5.33. The Hall–Kier alpha value is -0.160. The minimum atomic E-state index is 1.07. The van der Waals surface area contributed by atoms with Crippen molar-refractivity contribution in [2.45, 2.75) is 6.42 Å². The van der Waals surface area contributed by atoms with Crippen LogP contribution in [-0.2, 0) is 0 Å². The Labute approximate surface area is 80.9 Å². The average molecular weight is 186 g/mol. The van der Waals surface area contributed by atoms with Gasteiger partial charge >= 0.3 is 0 Å². The molecule has 1 fully saturated rings. The van der Waals surface area contributed by atoms with Gasteiger partial charge in [0.25, 0.3) is 0 Å². The first-order valence-electron chi connectivity index (χ1n) is 5.33. The third kappa shape index (κ3) is 6.95. The van der Waals surface area contributed by atoms with Gasteiger partial charge in [-0.15, -0.1) is 0 Å². The van der Waals surface area contributed by atoms with Crippen molar-refractivity contribution < 1.29 is 0 Å². The van der Waals surface area contributed by atoms with E-state index >= 15 is 0 Å². The van der Waals surface area contributed by atoms with Crippen molar-refractivity contribution >= 4 is 0 Å². The van der Waals surface area contributed by atoms with Crippen LogP contribution in [0, 0.1) is 0 Å². The molecule has 4 N–H and O–H groups in total. The minimum absolute atomic E-state index is 1.07. The monoisotopic (exact) mass is 186 g/mol. The maximum atomic E-state index is 3.40. The van der Waals surface area contributed by atoms with Crippen LogP contribution >= 0.6 is 0 Å². The van der Waals surface area contributed by atoms with Crippen LogP contribution in [-0.4, -0.2) is 52.4 Å². The van der Waals surface area contributed by atoms with Gasteiger partial charge in [-0.3, -0.25) is 0 Å². The van der Waals surface area contributed by atoms with Crippen LogP contribution in [0.5, 0.6) is 0 Å². The van der Waals surface area contributed by atoms with Gasteiger partial charge in [0.2, 0.25) is 0 Å². The Bertz CT molecular complexity index is 59.7. The van der Waals surface area contributed by atoms with E-state index in [0.717, 1.165) is 52.4 Å². The van der Waals surface area contributed by atoms with Crippen molar-refractivity contribution in [3.8, 4) is 0 Å². The third-order valence-corrected chi connectivity index (χ3v) is 2.14. The van der Waals surface area contributed by atoms with E-state index in [1.165, 1.54) is 6.42 Å². The molecule has 1 aliphatic rings. The summed E-state index contributed by atoms with van der Waals surface area (Å²) in [5, 5.41) is 13.6. The van der Waals surface area contributed by atoms with Gasteiger partial charge in [-0.25, -0.2) is 0 Å². The predicted molar refractivity (Wildman–Crippen MR) is 56.1 cm³/mol. The summed E-state index contributed by atoms with van der Waals surface area (Å²) >= 11 is 0. The number of nitrogens with one attached hydrogen (secondary N) is 4. The Morgan fingerprint density at radius 3 is 1.08 bits per heavy atom. The molecule has 0 aromatic carbocycles. The van der Waals surface area contributed by atoms with E-state index in [-0.39, 0.29) is 0 Å². The van der Waals surface area contributed by atoms with E-state index in [1.54, 1.807) is 0 Å². The first-order chi connectivity index (χ1) is 6.50. The van der Waals surface area contributed by atoms with E-state index in [4.69, 9.17) is 0 Å². The van der Waals surface area contributed by atoms with Gasteiger partial charge in [0.1, 0.15) is 0 Å². The van der Waals surface area contributed by atoms with Crippen molar-refractivity contribution in [3.63, 3.8) is 0 Å². The normalized spacial score (nSPS) is 24.0. The van der Waals surface area contributed by atoms with Gasteiger partial charge in [0, 0.05) is 39.3 Å². The maximum Gasteiger partial charge on any atom is 0.00772 e. The molecule has 78 valence electrons. The van der Waals surface area contributed by atoms with Crippen LogP contribution in [0.3, 0.4) is 0 Å². The zero-order valence-corrected chi connectivity index (χ0v) is 8.36. The fourth-order valence-corrected chi connectivity index (χ4v) is 1.37. The second-order valence-electron chi connectivity index (χ2n) is 3.35. The summed E-state index contributed by atoms with van der Waals surface area (Å²) in [5.74, 6) is 0. The lowest BCUT2D eigenvalue weighted by atomic mass is 10.4. The fourth-order valence-electron chi connectivity index (χ4n) is 1.37. The van der Waals surface area contributed by atoms with Gasteiger partial charge < -0.3 is 21.3 Å². The number of rotatable bonds is 0. The van der Waals surface area contributed by atoms with Crippen LogP contribution in [0.15, 0.2) is 0 Å². The first kappa shape index (κ1) is 10.9. The molecule has 1 saturated heterocycles. The highest BCUT2D eigenvalue weighted by Gasteiger charge is 1.92. The van der Waals surface area contributed by atoms with Crippen molar-refractivity contribution in [1.29, 1.82) is 0 Å².